The van der Waals surface area contributed by atoms with E-state index in [-0.39, 0.29) is 0 Å². The van der Waals surface area contributed by atoms with E-state index in [9.17, 15) is 0 Å². The van der Waals surface area contributed by atoms with Gasteiger partial charge >= 0.3 is 0 Å². The van der Waals surface area contributed by atoms with Crippen LogP contribution in [-0.4, -0.2) is 9.55 Å². The Bertz CT molecular complexity index is 436. The molecule has 2 nitrogen and oxygen atoms in total. The zero-order valence-electron chi connectivity index (χ0n) is 10.6. The second-order valence-electron chi connectivity index (χ2n) is 5.01. The van der Waals surface area contributed by atoms with Gasteiger partial charge in [-0.2, -0.15) is 0 Å². The first-order valence-electron chi connectivity index (χ1n) is 6.01. The van der Waals surface area contributed by atoms with Crippen molar-refractivity contribution in [2.75, 3.05) is 0 Å². The molecule has 0 saturated heterocycles. The monoisotopic (exact) mass is 216 g/mol. The van der Waals surface area contributed by atoms with Crippen LogP contribution in [0.3, 0.4) is 0 Å². The van der Waals surface area contributed by atoms with Crippen molar-refractivity contribution in [1.29, 1.82) is 0 Å². The van der Waals surface area contributed by atoms with E-state index in [0.29, 0.717) is 11.8 Å². The van der Waals surface area contributed by atoms with E-state index in [1.165, 1.54) is 5.69 Å². The van der Waals surface area contributed by atoms with Gasteiger partial charge in [-0.1, -0.05) is 32.9 Å². The minimum absolute atomic E-state index is 0.502. The normalized spacial score (nSPS) is 18.9. The lowest BCUT2D eigenvalue weighted by Crippen LogP contribution is -2.08. The lowest BCUT2D eigenvalue weighted by molar-refractivity contribution is 0.511. The van der Waals surface area contributed by atoms with Crippen LogP contribution in [0.15, 0.2) is 12.2 Å². The van der Waals surface area contributed by atoms with Gasteiger partial charge in [0.15, 0.2) is 0 Å². The van der Waals surface area contributed by atoms with Crippen LogP contribution in [0.5, 0.6) is 0 Å². The van der Waals surface area contributed by atoms with E-state index in [1.54, 1.807) is 0 Å². The molecule has 0 spiro atoms. The standard InChI is InChI=1S/C14H20N2/c1-10(2)9-16-12(4)15-13-7-5-11(3)6-8-14(13)16/h5-8,10-11H,9H2,1-4H3. The van der Waals surface area contributed by atoms with Crippen molar-refractivity contribution in [3.63, 3.8) is 0 Å². The Labute approximate surface area is 97.7 Å². The van der Waals surface area contributed by atoms with Crippen LogP contribution in [0.4, 0.5) is 0 Å². The summed E-state index contributed by atoms with van der Waals surface area (Å²) < 4.78 is 2.32. The zero-order valence-corrected chi connectivity index (χ0v) is 10.6. The summed E-state index contributed by atoms with van der Waals surface area (Å²) in [6, 6.07) is 0. The maximum absolute atomic E-state index is 4.62. The molecule has 16 heavy (non-hydrogen) atoms. The lowest BCUT2D eigenvalue weighted by Gasteiger charge is -2.10. The molecule has 2 heteroatoms. The molecule has 2 rings (SSSR count). The van der Waals surface area contributed by atoms with Gasteiger partial charge in [-0.05, 0) is 30.9 Å². The molecule has 0 aromatic carbocycles. The van der Waals surface area contributed by atoms with Crippen LogP contribution in [0, 0.1) is 18.8 Å². The third kappa shape index (κ3) is 2.11. The Morgan fingerprint density at radius 3 is 2.69 bits per heavy atom. The molecular weight excluding hydrogens is 196 g/mol. The predicted octanol–water partition coefficient (Wildman–Crippen LogP) is 3.52. The van der Waals surface area contributed by atoms with E-state index >= 15 is 0 Å². The number of fused-ring (bicyclic) bond motifs is 1. The molecule has 0 amide bonds. The first-order valence-corrected chi connectivity index (χ1v) is 6.01. The Hall–Kier alpha value is -1.31. The zero-order chi connectivity index (χ0) is 11.7. The van der Waals surface area contributed by atoms with Crippen molar-refractivity contribution in [2.24, 2.45) is 11.8 Å². The summed E-state index contributed by atoms with van der Waals surface area (Å²) in [5.41, 5.74) is 2.37. The highest BCUT2D eigenvalue weighted by Crippen LogP contribution is 2.21. The van der Waals surface area contributed by atoms with Gasteiger partial charge < -0.3 is 4.57 Å². The molecule has 1 aliphatic carbocycles. The van der Waals surface area contributed by atoms with Crippen molar-refractivity contribution in [2.45, 2.75) is 34.2 Å². The summed E-state index contributed by atoms with van der Waals surface area (Å²) in [5.74, 6) is 2.26. The second-order valence-corrected chi connectivity index (χ2v) is 5.01. The molecule has 1 aromatic rings. The fourth-order valence-electron chi connectivity index (χ4n) is 2.05. The van der Waals surface area contributed by atoms with Crippen LogP contribution >= 0.6 is 0 Å². The van der Waals surface area contributed by atoms with Gasteiger partial charge in [0.2, 0.25) is 0 Å². The Morgan fingerprint density at radius 2 is 2.00 bits per heavy atom. The Kier molecular flexibility index (Phi) is 2.99. The summed E-state index contributed by atoms with van der Waals surface area (Å²) in [4.78, 5) is 4.62. The highest BCUT2D eigenvalue weighted by atomic mass is 15.1. The van der Waals surface area contributed by atoms with Crippen molar-refractivity contribution in [3.05, 3.63) is 29.4 Å². The fraction of sp³-hybridized carbons (Fsp3) is 0.500. The molecule has 1 atom stereocenters. The van der Waals surface area contributed by atoms with Gasteiger partial charge in [0.05, 0.1) is 11.4 Å². The quantitative estimate of drug-likeness (QED) is 0.739. The number of hydrogen-bond donors (Lipinski definition) is 0. The topological polar surface area (TPSA) is 17.8 Å². The predicted molar refractivity (Wildman–Crippen MR) is 69.0 cm³/mol. The summed E-state index contributed by atoms with van der Waals surface area (Å²) in [6.45, 7) is 9.80. The number of nitrogens with zero attached hydrogens (tertiary/aromatic N) is 2. The largest absolute Gasteiger partial charge is 0.328 e. The summed E-state index contributed by atoms with van der Waals surface area (Å²) >= 11 is 0. The van der Waals surface area contributed by atoms with Gasteiger partial charge in [-0.15, -0.1) is 0 Å². The van der Waals surface area contributed by atoms with Crippen molar-refractivity contribution < 1.29 is 0 Å². The average Bonchev–Trinajstić information content (AvgIpc) is 2.38. The van der Waals surface area contributed by atoms with Gasteiger partial charge in [-0.25, -0.2) is 4.98 Å². The number of aromatic nitrogens is 2. The van der Waals surface area contributed by atoms with E-state index < -0.39 is 0 Å². The molecule has 1 unspecified atom stereocenters. The lowest BCUT2D eigenvalue weighted by atomic mass is 10.1. The van der Waals surface area contributed by atoms with Crippen molar-refractivity contribution in [1.82, 2.24) is 9.55 Å². The van der Waals surface area contributed by atoms with Crippen LogP contribution in [0.2, 0.25) is 0 Å². The van der Waals surface area contributed by atoms with Crippen molar-refractivity contribution in [3.8, 4) is 0 Å². The third-order valence-electron chi connectivity index (χ3n) is 2.89. The molecule has 0 fully saturated rings. The average molecular weight is 216 g/mol. The number of hydrogen-bond acceptors (Lipinski definition) is 1. The van der Waals surface area contributed by atoms with E-state index in [1.807, 2.05) is 0 Å². The molecule has 1 aliphatic rings. The summed E-state index contributed by atoms with van der Waals surface area (Å²) in [6.07, 6.45) is 8.79. The number of rotatable bonds is 2. The van der Waals surface area contributed by atoms with Crippen LogP contribution in [0.25, 0.3) is 12.2 Å². The Balaban J connectivity index is 2.45. The molecule has 86 valence electrons. The van der Waals surface area contributed by atoms with Gasteiger partial charge in [0.25, 0.3) is 0 Å². The van der Waals surface area contributed by atoms with Crippen molar-refractivity contribution >= 4 is 12.2 Å². The second kappa shape index (κ2) is 4.28. The molecule has 1 heterocycles. The summed E-state index contributed by atoms with van der Waals surface area (Å²) in [5, 5.41) is 0. The SMILES string of the molecule is Cc1nc2c(n1CC(C)C)C=CC(C)C=C2. The number of aryl methyl sites for hydroxylation is 1. The van der Waals surface area contributed by atoms with Crippen LogP contribution in [-0.2, 0) is 6.54 Å². The van der Waals surface area contributed by atoms with Gasteiger partial charge in [0, 0.05) is 6.54 Å². The smallest absolute Gasteiger partial charge is 0.106 e. The summed E-state index contributed by atoms with van der Waals surface area (Å²) in [7, 11) is 0. The third-order valence-corrected chi connectivity index (χ3v) is 2.89. The molecule has 0 bridgehead atoms. The maximum atomic E-state index is 4.62. The number of imidazole rings is 1. The van der Waals surface area contributed by atoms with Gasteiger partial charge in [-0.3, -0.25) is 0 Å². The minimum atomic E-state index is 0.502. The molecule has 0 aliphatic heterocycles. The van der Waals surface area contributed by atoms with E-state index in [0.717, 1.165) is 18.1 Å². The molecule has 0 saturated carbocycles. The molecule has 0 N–H and O–H groups in total. The van der Waals surface area contributed by atoms with E-state index in [2.05, 4.69) is 61.6 Å². The molecule has 1 aromatic heterocycles. The first kappa shape index (κ1) is 11.2. The highest BCUT2D eigenvalue weighted by Gasteiger charge is 2.13. The number of allylic oxidation sites excluding steroid dienone is 2. The maximum Gasteiger partial charge on any atom is 0.106 e. The molecular formula is C14H20N2. The molecule has 0 radical (unpaired) electrons. The highest BCUT2D eigenvalue weighted by molar-refractivity contribution is 5.63. The minimum Gasteiger partial charge on any atom is -0.328 e. The van der Waals surface area contributed by atoms with Gasteiger partial charge in [0.1, 0.15) is 5.82 Å². The van der Waals surface area contributed by atoms with Crippen LogP contribution < -0.4 is 0 Å². The van der Waals surface area contributed by atoms with E-state index in [4.69, 9.17) is 0 Å². The first-order chi connectivity index (χ1) is 7.58. The fourth-order valence-corrected chi connectivity index (χ4v) is 2.05. The van der Waals surface area contributed by atoms with Crippen LogP contribution in [0.1, 0.15) is 38.0 Å². The Morgan fingerprint density at radius 1 is 1.31 bits per heavy atom.